The number of carboxylic acids is 1. The second-order valence-electron chi connectivity index (χ2n) is 7.51. The van der Waals surface area contributed by atoms with E-state index in [-0.39, 0.29) is 24.5 Å². The first-order chi connectivity index (χ1) is 13.4. The van der Waals surface area contributed by atoms with E-state index in [1.165, 1.54) is 11.3 Å². The maximum Gasteiger partial charge on any atom is 0.303 e. The van der Waals surface area contributed by atoms with Gasteiger partial charge in [-0.25, -0.2) is 0 Å². The van der Waals surface area contributed by atoms with Crippen LogP contribution in [0.15, 0.2) is 36.4 Å². The second-order valence-corrected chi connectivity index (χ2v) is 8.64. The molecule has 1 aliphatic rings. The smallest absolute Gasteiger partial charge is 0.303 e. The van der Waals surface area contributed by atoms with Crippen molar-refractivity contribution in [2.75, 3.05) is 5.32 Å². The first kappa shape index (κ1) is 20.3. The molecule has 1 aromatic carbocycles. The predicted octanol–water partition coefficient (Wildman–Crippen LogP) is 4.91. The Kier molecular flexibility index (Phi) is 6.29. The molecule has 1 amide bonds. The van der Waals surface area contributed by atoms with Crippen LogP contribution in [0.4, 0.5) is 5.00 Å². The number of benzene rings is 1. The number of nitrogens with one attached hydrogen (secondary N) is 1. The number of hydrogen-bond donors (Lipinski definition) is 2. The molecule has 2 N–H and O–H groups in total. The first-order valence-electron chi connectivity index (χ1n) is 9.66. The summed E-state index contributed by atoms with van der Waals surface area (Å²) in [6, 6.07) is 10.9. The largest absolute Gasteiger partial charge is 0.481 e. The number of anilines is 1. The van der Waals surface area contributed by atoms with Crippen LogP contribution in [-0.4, -0.2) is 22.8 Å². The lowest BCUT2D eigenvalue weighted by Crippen LogP contribution is -2.27. The quantitative estimate of drug-likeness (QED) is 0.618. The predicted molar refractivity (Wildman–Crippen MR) is 110 cm³/mol. The third-order valence-corrected chi connectivity index (χ3v) is 6.59. The van der Waals surface area contributed by atoms with Gasteiger partial charge < -0.3 is 10.4 Å². The number of amides is 1. The molecule has 0 unspecified atom stereocenters. The van der Waals surface area contributed by atoms with Gasteiger partial charge in [-0.3, -0.25) is 14.4 Å². The molecule has 0 radical (unpaired) electrons. The van der Waals surface area contributed by atoms with Crippen molar-refractivity contribution in [3.05, 3.63) is 52.4 Å². The SMILES string of the molecule is CCc1cc(C(=O)c2ccccc2)c(NC(=O)CC2(CC(=O)O)CCCC2)s1. The highest BCUT2D eigenvalue weighted by molar-refractivity contribution is 7.16. The van der Waals surface area contributed by atoms with Crippen molar-refractivity contribution >= 4 is 34.0 Å². The summed E-state index contributed by atoms with van der Waals surface area (Å²) in [4.78, 5) is 38.0. The highest BCUT2D eigenvalue weighted by Gasteiger charge is 2.38. The number of aliphatic carboxylic acids is 1. The van der Waals surface area contributed by atoms with Crippen LogP contribution in [-0.2, 0) is 16.0 Å². The minimum atomic E-state index is -0.862. The van der Waals surface area contributed by atoms with Crippen molar-refractivity contribution < 1.29 is 19.5 Å². The molecule has 3 rings (SSSR count). The number of ketones is 1. The summed E-state index contributed by atoms with van der Waals surface area (Å²) in [5, 5.41) is 12.7. The van der Waals surface area contributed by atoms with Crippen LogP contribution in [0.25, 0.3) is 0 Å². The Labute approximate surface area is 168 Å². The molecule has 0 spiro atoms. The summed E-state index contributed by atoms with van der Waals surface area (Å²) >= 11 is 1.41. The average Bonchev–Trinajstić information content (AvgIpc) is 3.28. The highest BCUT2D eigenvalue weighted by Crippen LogP contribution is 2.44. The average molecular weight is 400 g/mol. The van der Waals surface area contributed by atoms with Gasteiger partial charge in [-0.15, -0.1) is 11.3 Å². The lowest BCUT2D eigenvalue weighted by atomic mass is 9.79. The molecule has 1 aromatic heterocycles. The summed E-state index contributed by atoms with van der Waals surface area (Å²) < 4.78 is 0. The van der Waals surface area contributed by atoms with Gasteiger partial charge in [-0.2, -0.15) is 0 Å². The summed E-state index contributed by atoms with van der Waals surface area (Å²) in [6.45, 7) is 2.01. The van der Waals surface area contributed by atoms with Crippen LogP contribution in [0.3, 0.4) is 0 Å². The number of carbonyl (C=O) groups excluding carboxylic acids is 2. The van der Waals surface area contributed by atoms with E-state index in [0.29, 0.717) is 16.1 Å². The Morgan fingerprint density at radius 3 is 2.39 bits per heavy atom. The molecule has 28 heavy (non-hydrogen) atoms. The van der Waals surface area contributed by atoms with Crippen molar-refractivity contribution in [1.82, 2.24) is 0 Å². The zero-order valence-corrected chi connectivity index (χ0v) is 16.8. The summed E-state index contributed by atoms with van der Waals surface area (Å²) in [6.07, 6.45) is 4.39. The lowest BCUT2D eigenvalue weighted by Gasteiger charge is -2.26. The minimum absolute atomic E-state index is 0.0148. The molecule has 0 bridgehead atoms. The zero-order valence-electron chi connectivity index (χ0n) is 16.0. The van der Waals surface area contributed by atoms with Crippen LogP contribution in [0.1, 0.15) is 66.2 Å². The van der Waals surface area contributed by atoms with E-state index in [2.05, 4.69) is 5.32 Å². The normalized spacial score (nSPS) is 15.3. The maximum atomic E-state index is 12.9. The van der Waals surface area contributed by atoms with Gasteiger partial charge in [0.1, 0.15) is 5.00 Å². The first-order valence-corrected chi connectivity index (χ1v) is 10.5. The zero-order chi connectivity index (χ0) is 20.1. The highest BCUT2D eigenvalue weighted by atomic mass is 32.1. The van der Waals surface area contributed by atoms with E-state index in [1.807, 2.05) is 31.2 Å². The third kappa shape index (κ3) is 4.68. The van der Waals surface area contributed by atoms with Gasteiger partial charge in [0.25, 0.3) is 0 Å². The number of carboxylic acid groups (broad SMARTS) is 1. The fourth-order valence-electron chi connectivity index (χ4n) is 4.00. The van der Waals surface area contributed by atoms with E-state index in [0.717, 1.165) is 37.0 Å². The molecule has 6 heteroatoms. The topological polar surface area (TPSA) is 83.5 Å². The van der Waals surface area contributed by atoms with Crippen molar-refractivity contribution in [2.24, 2.45) is 5.41 Å². The van der Waals surface area contributed by atoms with Crippen molar-refractivity contribution in [3.8, 4) is 0 Å². The van der Waals surface area contributed by atoms with Gasteiger partial charge in [0.2, 0.25) is 5.91 Å². The van der Waals surface area contributed by atoms with E-state index in [9.17, 15) is 19.5 Å². The number of hydrogen-bond acceptors (Lipinski definition) is 4. The number of carbonyl (C=O) groups is 3. The standard InChI is InChI=1S/C22H25NO4S/c1-2-16-12-17(20(27)15-8-4-3-5-9-15)21(28-16)23-18(24)13-22(14-19(25)26)10-6-7-11-22/h3-5,8-9,12H,2,6-7,10-11,13-14H2,1H3,(H,23,24)(H,25,26). The molecular weight excluding hydrogens is 374 g/mol. The number of aryl methyl sites for hydroxylation is 1. The molecular formula is C22H25NO4S. The van der Waals surface area contributed by atoms with Gasteiger partial charge in [0.05, 0.1) is 12.0 Å². The molecule has 2 aromatic rings. The monoisotopic (exact) mass is 399 g/mol. The van der Waals surface area contributed by atoms with E-state index in [1.54, 1.807) is 12.1 Å². The van der Waals surface area contributed by atoms with Gasteiger partial charge in [0, 0.05) is 16.9 Å². The molecule has 1 aliphatic carbocycles. The molecule has 0 atom stereocenters. The van der Waals surface area contributed by atoms with Gasteiger partial charge >= 0.3 is 5.97 Å². The molecule has 0 saturated heterocycles. The fraction of sp³-hybridized carbons (Fsp3) is 0.409. The molecule has 5 nitrogen and oxygen atoms in total. The maximum absolute atomic E-state index is 12.9. The van der Waals surface area contributed by atoms with E-state index < -0.39 is 11.4 Å². The molecule has 1 fully saturated rings. The summed E-state index contributed by atoms with van der Waals surface area (Å²) in [7, 11) is 0. The molecule has 1 heterocycles. The van der Waals surface area contributed by atoms with Crippen LogP contribution in [0.5, 0.6) is 0 Å². The van der Waals surface area contributed by atoms with Crippen molar-refractivity contribution in [2.45, 2.75) is 51.9 Å². The number of thiophene rings is 1. The lowest BCUT2D eigenvalue weighted by molar-refractivity contribution is -0.140. The van der Waals surface area contributed by atoms with Crippen LogP contribution >= 0.6 is 11.3 Å². The molecule has 0 aliphatic heterocycles. The van der Waals surface area contributed by atoms with Crippen LogP contribution in [0, 0.1) is 5.41 Å². The van der Waals surface area contributed by atoms with E-state index >= 15 is 0 Å². The van der Waals surface area contributed by atoms with Gasteiger partial charge in [-0.1, -0.05) is 50.1 Å². The third-order valence-electron chi connectivity index (χ3n) is 5.39. The minimum Gasteiger partial charge on any atom is -0.481 e. The van der Waals surface area contributed by atoms with Crippen LogP contribution in [0.2, 0.25) is 0 Å². The molecule has 1 saturated carbocycles. The Morgan fingerprint density at radius 2 is 1.79 bits per heavy atom. The van der Waals surface area contributed by atoms with Gasteiger partial charge in [0.15, 0.2) is 5.78 Å². The summed E-state index contributed by atoms with van der Waals surface area (Å²) in [5.41, 5.74) is 0.612. The van der Waals surface area contributed by atoms with Crippen molar-refractivity contribution in [1.29, 1.82) is 0 Å². The fourth-order valence-corrected chi connectivity index (χ4v) is 5.01. The molecule has 148 valence electrons. The Morgan fingerprint density at radius 1 is 1.11 bits per heavy atom. The van der Waals surface area contributed by atoms with Gasteiger partial charge in [-0.05, 0) is 30.7 Å². The van der Waals surface area contributed by atoms with E-state index in [4.69, 9.17) is 0 Å². The Hall–Kier alpha value is -2.47. The second kappa shape index (κ2) is 8.69. The number of rotatable bonds is 8. The van der Waals surface area contributed by atoms with Crippen LogP contribution < -0.4 is 5.32 Å². The summed E-state index contributed by atoms with van der Waals surface area (Å²) in [5.74, 6) is -1.19. The van der Waals surface area contributed by atoms with Crippen molar-refractivity contribution in [3.63, 3.8) is 0 Å². The Balaban J connectivity index is 1.80. The Bertz CT molecular complexity index is 866.